The number of alkyl halides is 6. The third-order valence-corrected chi connectivity index (χ3v) is 8.71. The smallest absolute Gasteiger partial charge is 0.416 e. The number of aromatic nitrogens is 4. The maximum absolute atomic E-state index is 13.7. The number of aryl methyl sites for hydroxylation is 3. The molecular weight excluding hydrogens is 602 g/mol. The van der Waals surface area contributed by atoms with E-state index in [4.69, 9.17) is 4.74 Å². The maximum Gasteiger partial charge on any atom is 0.416 e. The zero-order chi connectivity index (χ0) is 32.5. The fraction of sp³-hybridized carbons (Fsp3) is 0.548. The van der Waals surface area contributed by atoms with Gasteiger partial charge in [-0.25, -0.2) is 0 Å². The molecule has 1 atom stereocenters. The quantitative estimate of drug-likeness (QED) is 0.195. The Morgan fingerprint density at radius 3 is 2.20 bits per heavy atom. The minimum Gasteiger partial charge on any atom is -0.465 e. The average Bonchev–Trinajstić information content (AvgIpc) is 3.31. The van der Waals surface area contributed by atoms with Crippen molar-refractivity contribution in [1.29, 1.82) is 0 Å². The molecule has 2 aliphatic rings. The predicted octanol–water partition coefficient (Wildman–Crippen LogP) is 6.94. The van der Waals surface area contributed by atoms with Gasteiger partial charge >= 0.3 is 12.4 Å². The molecule has 1 fully saturated rings. The number of tetrazole rings is 1. The van der Waals surface area contributed by atoms with E-state index >= 15 is 0 Å². The van der Waals surface area contributed by atoms with Gasteiger partial charge in [0.15, 0.2) is 0 Å². The van der Waals surface area contributed by atoms with Gasteiger partial charge in [0.05, 0.1) is 24.2 Å². The van der Waals surface area contributed by atoms with Crippen LogP contribution in [-0.2, 0) is 35.5 Å². The Kier molecular flexibility index (Phi) is 9.31. The first-order valence-corrected chi connectivity index (χ1v) is 15.0. The fourth-order valence-corrected chi connectivity index (χ4v) is 6.79. The third kappa shape index (κ3) is 7.52. The van der Waals surface area contributed by atoms with Gasteiger partial charge in [-0.15, -0.1) is 5.10 Å². The van der Waals surface area contributed by atoms with Crippen LogP contribution < -0.4 is 9.80 Å². The minimum absolute atomic E-state index is 0.0642. The summed E-state index contributed by atoms with van der Waals surface area (Å²) in [6, 6.07) is 5.32. The van der Waals surface area contributed by atoms with Gasteiger partial charge in [0, 0.05) is 25.3 Å². The summed E-state index contributed by atoms with van der Waals surface area (Å²) in [5.41, 5.74) is 1.03. The van der Waals surface area contributed by atoms with E-state index in [0.29, 0.717) is 25.2 Å². The van der Waals surface area contributed by atoms with Crippen LogP contribution in [-0.4, -0.2) is 45.9 Å². The number of hydrogen-bond donors (Lipinski definition) is 0. The van der Waals surface area contributed by atoms with Crippen LogP contribution in [0.15, 0.2) is 30.3 Å². The molecule has 45 heavy (non-hydrogen) atoms. The number of anilines is 2. The van der Waals surface area contributed by atoms with E-state index in [1.807, 2.05) is 19.9 Å². The second kappa shape index (κ2) is 12.9. The normalized spacial score (nSPS) is 20.8. The summed E-state index contributed by atoms with van der Waals surface area (Å²) in [7, 11) is 1.55. The van der Waals surface area contributed by atoms with Crippen molar-refractivity contribution in [1.82, 2.24) is 20.2 Å². The standard InChI is InChI=1S/C31H36F6N6O2/c1-19-11-20(2)28-26(12-19)27(5-4-10-42(28)16-21-6-8-25(9-7-21)45-18-44)43(29-38-40-41(3)39-29)17-22-13-23(30(32,33)34)15-24(14-22)31(35,36)37/h11-15,18,21,25,27H,4-10,16-17H2,1-3H3/t21?,25?,27-/m0/s1. The Morgan fingerprint density at radius 1 is 0.956 bits per heavy atom. The van der Waals surface area contributed by atoms with Gasteiger partial charge in [-0.1, -0.05) is 22.8 Å². The second-order valence-electron chi connectivity index (χ2n) is 12.1. The first-order chi connectivity index (χ1) is 21.2. The number of ether oxygens (including phenoxy) is 1. The van der Waals surface area contributed by atoms with E-state index in [1.165, 1.54) is 4.80 Å². The van der Waals surface area contributed by atoms with Gasteiger partial charge in [0.25, 0.3) is 12.4 Å². The van der Waals surface area contributed by atoms with Crippen molar-refractivity contribution in [3.63, 3.8) is 0 Å². The van der Waals surface area contributed by atoms with Crippen LogP contribution in [0.4, 0.5) is 38.0 Å². The van der Waals surface area contributed by atoms with Gasteiger partial charge in [0.2, 0.25) is 0 Å². The highest BCUT2D eigenvalue weighted by Gasteiger charge is 2.38. The monoisotopic (exact) mass is 638 g/mol. The maximum atomic E-state index is 13.7. The van der Waals surface area contributed by atoms with E-state index in [0.717, 1.165) is 73.3 Å². The Hall–Kier alpha value is -3.84. The molecule has 1 saturated carbocycles. The van der Waals surface area contributed by atoms with Crippen molar-refractivity contribution in [2.75, 3.05) is 22.9 Å². The van der Waals surface area contributed by atoms with Crippen LogP contribution in [0.3, 0.4) is 0 Å². The summed E-state index contributed by atoms with van der Waals surface area (Å²) in [5, 5.41) is 12.4. The minimum atomic E-state index is -4.96. The number of benzene rings is 2. The largest absolute Gasteiger partial charge is 0.465 e. The second-order valence-corrected chi connectivity index (χ2v) is 12.1. The summed E-state index contributed by atoms with van der Waals surface area (Å²) >= 11 is 0. The summed E-state index contributed by atoms with van der Waals surface area (Å²) in [4.78, 5) is 16.0. The lowest BCUT2D eigenvalue weighted by molar-refractivity contribution is -0.143. The molecule has 2 heterocycles. The molecule has 3 aromatic rings. The molecule has 5 rings (SSSR count). The van der Waals surface area contributed by atoms with Crippen molar-refractivity contribution < 1.29 is 35.9 Å². The molecule has 0 radical (unpaired) electrons. The first kappa shape index (κ1) is 32.6. The number of carbonyl (C=O) groups is 1. The van der Waals surface area contributed by atoms with Crippen LogP contribution in [0.1, 0.15) is 77.9 Å². The van der Waals surface area contributed by atoms with Crippen LogP contribution in [0.5, 0.6) is 0 Å². The zero-order valence-electron chi connectivity index (χ0n) is 25.3. The predicted molar refractivity (Wildman–Crippen MR) is 154 cm³/mol. The third-order valence-electron chi connectivity index (χ3n) is 8.71. The molecule has 0 spiro atoms. The number of nitrogens with zero attached hydrogens (tertiary/aromatic N) is 6. The molecule has 0 saturated heterocycles. The number of hydrogen-bond acceptors (Lipinski definition) is 7. The molecule has 0 unspecified atom stereocenters. The molecule has 2 aromatic carbocycles. The van der Waals surface area contributed by atoms with Gasteiger partial charge in [-0.05, 0) is 98.4 Å². The van der Waals surface area contributed by atoms with E-state index in [2.05, 4.69) is 26.4 Å². The van der Waals surface area contributed by atoms with Crippen LogP contribution >= 0.6 is 0 Å². The van der Waals surface area contributed by atoms with Gasteiger partial charge < -0.3 is 14.5 Å². The fourth-order valence-electron chi connectivity index (χ4n) is 6.79. The van der Waals surface area contributed by atoms with Crippen molar-refractivity contribution in [3.8, 4) is 0 Å². The lowest BCUT2D eigenvalue weighted by Gasteiger charge is -2.36. The number of fused-ring (bicyclic) bond motifs is 1. The summed E-state index contributed by atoms with van der Waals surface area (Å²) in [6.07, 6.45) is -5.31. The lowest BCUT2D eigenvalue weighted by Crippen LogP contribution is -2.34. The van der Waals surface area contributed by atoms with E-state index in [-0.39, 0.29) is 30.2 Å². The molecule has 14 heteroatoms. The SMILES string of the molecule is Cc1cc(C)c2c(c1)[C@@H](N(Cc1cc(C(F)(F)F)cc(C(F)(F)F)c1)c1nnn(C)n1)CCCN2CC1CCC(OC=O)CC1. The van der Waals surface area contributed by atoms with E-state index < -0.39 is 29.5 Å². The molecule has 1 aromatic heterocycles. The van der Waals surface area contributed by atoms with Gasteiger partial charge in [0.1, 0.15) is 6.10 Å². The summed E-state index contributed by atoms with van der Waals surface area (Å²) < 4.78 is 87.6. The number of carbonyl (C=O) groups excluding carboxylic acids is 1. The summed E-state index contributed by atoms with van der Waals surface area (Å²) in [5.74, 6) is 0.491. The Morgan fingerprint density at radius 2 is 1.62 bits per heavy atom. The average molecular weight is 639 g/mol. The molecule has 8 nitrogen and oxygen atoms in total. The molecular formula is C31H36F6N6O2. The molecule has 0 bridgehead atoms. The van der Waals surface area contributed by atoms with E-state index in [1.54, 1.807) is 11.9 Å². The Labute approximate surface area is 257 Å². The van der Waals surface area contributed by atoms with E-state index in [9.17, 15) is 31.1 Å². The Balaban J connectivity index is 1.54. The Bertz CT molecular complexity index is 1470. The van der Waals surface area contributed by atoms with Crippen LogP contribution in [0.2, 0.25) is 0 Å². The van der Waals surface area contributed by atoms with Crippen molar-refractivity contribution in [2.24, 2.45) is 13.0 Å². The van der Waals surface area contributed by atoms with Crippen molar-refractivity contribution in [3.05, 3.63) is 63.7 Å². The van der Waals surface area contributed by atoms with Crippen molar-refractivity contribution >= 4 is 18.1 Å². The zero-order valence-corrected chi connectivity index (χ0v) is 25.3. The summed E-state index contributed by atoms with van der Waals surface area (Å²) in [6.45, 7) is 5.69. The topological polar surface area (TPSA) is 76.4 Å². The molecule has 0 amide bonds. The highest BCUT2D eigenvalue weighted by molar-refractivity contribution is 5.64. The highest BCUT2D eigenvalue weighted by atomic mass is 19.4. The number of rotatable bonds is 8. The van der Waals surface area contributed by atoms with Gasteiger partial charge in [-0.3, -0.25) is 4.79 Å². The van der Waals surface area contributed by atoms with Gasteiger partial charge in [-0.2, -0.15) is 31.1 Å². The molecule has 244 valence electrons. The molecule has 0 N–H and O–H groups in total. The number of halogens is 6. The molecule has 1 aliphatic heterocycles. The van der Waals surface area contributed by atoms with Crippen LogP contribution in [0.25, 0.3) is 0 Å². The first-order valence-electron chi connectivity index (χ1n) is 15.0. The lowest BCUT2D eigenvalue weighted by atomic mass is 9.86. The van der Waals surface area contributed by atoms with Crippen molar-refractivity contribution in [2.45, 2.75) is 83.4 Å². The molecule has 1 aliphatic carbocycles. The highest BCUT2D eigenvalue weighted by Crippen LogP contribution is 2.43. The van der Waals surface area contributed by atoms with Crippen LogP contribution in [0, 0.1) is 19.8 Å².